The number of pyridine rings is 1. The molecule has 0 unspecified atom stereocenters. The summed E-state index contributed by atoms with van der Waals surface area (Å²) in [6.45, 7) is 0. The topological polar surface area (TPSA) is 33.2 Å². The van der Waals surface area contributed by atoms with Crippen LogP contribution in [-0.4, -0.2) is 17.9 Å². The third-order valence-electron chi connectivity index (χ3n) is 2.53. The van der Waals surface area contributed by atoms with E-state index in [0.717, 1.165) is 10.2 Å². The Morgan fingerprint density at radius 3 is 2.78 bits per heavy atom. The SMILES string of the molecule is CN(C(=O)c1ccc(Br)cc1S)c1cccnc1. The van der Waals surface area contributed by atoms with Crippen molar-refractivity contribution in [3.05, 3.63) is 52.8 Å². The van der Waals surface area contributed by atoms with Crippen molar-refractivity contribution >= 4 is 40.2 Å². The zero-order valence-electron chi connectivity index (χ0n) is 9.67. The Kier molecular flexibility index (Phi) is 4.04. The molecule has 5 heteroatoms. The van der Waals surface area contributed by atoms with Gasteiger partial charge in [-0.05, 0) is 30.3 Å². The molecule has 1 amide bonds. The molecule has 0 bridgehead atoms. The second-order valence-corrected chi connectivity index (χ2v) is 5.13. The highest BCUT2D eigenvalue weighted by atomic mass is 79.9. The quantitative estimate of drug-likeness (QED) is 0.859. The number of nitrogens with zero attached hydrogens (tertiary/aromatic N) is 2. The molecule has 3 nitrogen and oxygen atoms in total. The highest BCUT2D eigenvalue weighted by Crippen LogP contribution is 2.22. The molecular weight excluding hydrogens is 312 g/mol. The molecule has 0 radical (unpaired) electrons. The number of rotatable bonds is 2. The first-order valence-electron chi connectivity index (χ1n) is 5.26. The molecule has 0 spiro atoms. The fourth-order valence-electron chi connectivity index (χ4n) is 1.54. The number of hydrogen-bond donors (Lipinski definition) is 1. The summed E-state index contributed by atoms with van der Waals surface area (Å²) >= 11 is 7.66. The maximum atomic E-state index is 12.3. The van der Waals surface area contributed by atoms with Crippen LogP contribution in [0.5, 0.6) is 0 Å². The van der Waals surface area contributed by atoms with Crippen molar-refractivity contribution in [2.24, 2.45) is 0 Å². The first-order chi connectivity index (χ1) is 8.59. The minimum Gasteiger partial charge on any atom is -0.310 e. The van der Waals surface area contributed by atoms with Crippen LogP contribution in [0.2, 0.25) is 0 Å². The lowest BCUT2D eigenvalue weighted by Crippen LogP contribution is -2.26. The summed E-state index contributed by atoms with van der Waals surface area (Å²) in [6.07, 6.45) is 3.32. The molecule has 1 aromatic heterocycles. The smallest absolute Gasteiger partial charge is 0.259 e. The Hall–Kier alpha value is -1.33. The monoisotopic (exact) mass is 322 g/mol. The van der Waals surface area contributed by atoms with Crippen LogP contribution in [0.1, 0.15) is 10.4 Å². The molecule has 18 heavy (non-hydrogen) atoms. The van der Waals surface area contributed by atoms with Gasteiger partial charge in [0.1, 0.15) is 0 Å². The zero-order chi connectivity index (χ0) is 13.1. The van der Waals surface area contributed by atoms with Crippen molar-refractivity contribution in [1.82, 2.24) is 4.98 Å². The Balaban J connectivity index is 2.32. The lowest BCUT2D eigenvalue weighted by molar-refractivity contribution is 0.0990. The molecule has 0 N–H and O–H groups in total. The number of halogens is 1. The van der Waals surface area contributed by atoms with Crippen molar-refractivity contribution in [3.63, 3.8) is 0 Å². The van der Waals surface area contributed by atoms with Gasteiger partial charge in [-0.25, -0.2) is 0 Å². The molecule has 1 aromatic carbocycles. The molecule has 2 aromatic rings. The zero-order valence-corrected chi connectivity index (χ0v) is 12.1. The second-order valence-electron chi connectivity index (χ2n) is 3.74. The van der Waals surface area contributed by atoms with Crippen LogP contribution < -0.4 is 4.90 Å². The predicted octanol–water partition coefficient (Wildman–Crippen LogP) is 3.41. The van der Waals surface area contributed by atoms with Crippen LogP contribution in [-0.2, 0) is 0 Å². The van der Waals surface area contributed by atoms with Crippen molar-refractivity contribution in [1.29, 1.82) is 0 Å². The first kappa shape index (κ1) is 13.1. The summed E-state index contributed by atoms with van der Waals surface area (Å²) in [5.74, 6) is -0.111. The Labute approximate surface area is 119 Å². The number of anilines is 1. The summed E-state index contributed by atoms with van der Waals surface area (Å²) in [6, 6.07) is 9.00. The number of thiol groups is 1. The van der Waals surface area contributed by atoms with Gasteiger partial charge in [-0.2, -0.15) is 0 Å². The largest absolute Gasteiger partial charge is 0.310 e. The van der Waals surface area contributed by atoms with Gasteiger partial charge in [0, 0.05) is 22.6 Å². The molecule has 1 heterocycles. The van der Waals surface area contributed by atoms with E-state index >= 15 is 0 Å². The van der Waals surface area contributed by atoms with Gasteiger partial charge in [-0.15, -0.1) is 12.6 Å². The number of hydrogen-bond acceptors (Lipinski definition) is 3. The van der Waals surface area contributed by atoms with Crippen molar-refractivity contribution < 1.29 is 4.79 Å². The van der Waals surface area contributed by atoms with Crippen molar-refractivity contribution in [3.8, 4) is 0 Å². The van der Waals surface area contributed by atoms with Gasteiger partial charge < -0.3 is 4.90 Å². The van der Waals surface area contributed by atoms with E-state index in [-0.39, 0.29) is 5.91 Å². The lowest BCUT2D eigenvalue weighted by Gasteiger charge is -2.17. The number of carbonyl (C=O) groups is 1. The van der Waals surface area contributed by atoms with E-state index in [4.69, 9.17) is 0 Å². The number of aromatic nitrogens is 1. The van der Waals surface area contributed by atoms with Crippen LogP contribution in [0.15, 0.2) is 52.1 Å². The standard InChI is InChI=1S/C13H11BrN2OS/c1-16(10-3-2-6-15-8-10)13(17)11-5-4-9(14)7-12(11)18/h2-8,18H,1H3. The van der Waals surface area contributed by atoms with Gasteiger partial charge in [0.15, 0.2) is 0 Å². The molecule has 0 saturated heterocycles. The second kappa shape index (κ2) is 5.54. The van der Waals surface area contributed by atoms with E-state index in [0.29, 0.717) is 10.5 Å². The third-order valence-corrected chi connectivity index (χ3v) is 3.39. The Morgan fingerprint density at radius 1 is 1.39 bits per heavy atom. The predicted molar refractivity (Wildman–Crippen MR) is 78.4 cm³/mol. The third kappa shape index (κ3) is 2.73. The molecule has 0 aliphatic carbocycles. The molecule has 0 atom stereocenters. The van der Waals surface area contributed by atoms with E-state index in [9.17, 15) is 4.79 Å². The van der Waals surface area contributed by atoms with Gasteiger partial charge >= 0.3 is 0 Å². The number of carbonyl (C=O) groups excluding carboxylic acids is 1. The Morgan fingerprint density at radius 2 is 2.17 bits per heavy atom. The van der Waals surface area contributed by atoms with E-state index in [1.54, 1.807) is 42.5 Å². The van der Waals surface area contributed by atoms with E-state index in [2.05, 4.69) is 33.5 Å². The minimum absolute atomic E-state index is 0.111. The van der Waals surface area contributed by atoms with Crippen molar-refractivity contribution in [2.75, 3.05) is 11.9 Å². The lowest BCUT2D eigenvalue weighted by atomic mass is 10.2. The van der Waals surface area contributed by atoms with E-state index in [1.165, 1.54) is 0 Å². The van der Waals surface area contributed by atoms with Crippen LogP contribution in [0.25, 0.3) is 0 Å². The molecule has 0 aliphatic rings. The maximum absolute atomic E-state index is 12.3. The maximum Gasteiger partial charge on any atom is 0.259 e. The fourth-order valence-corrected chi connectivity index (χ4v) is 2.38. The average molecular weight is 323 g/mol. The Bertz CT molecular complexity index is 574. The summed E-state index contributed by atoms with van der Waals surface area (Å²) in [5, 5.41) is 0. The molecular formula is C13H11BrN2OS. The van der Waals surface area contributed by atoms with Gasteiger partial charge in [0.25, 0.3) is 5.91 Å². The van der Waals surface area contributed by atoms with Crippen LogP contribution >= 0.6 is 28.6 Å². The van der Waals surface area contributed by atoms with Gasteiger partial charge in [-0.3, -0.25) is 9.78 Å². The molecule has 0 saturated carbocycles. The van der Waals surface area contributed by atoms with Gasteiger partial charge in [0.2, 0.25) is 0 Å². The van der Waals surface area contributed by atoms with Crippen LogP contribution in [0, 0.1) is 0 Å². The minimum atomic E-state index is -0.111. The normalized spacial score (nSPS) is 10.2. The molecule has 0 aliphatic heterocycles. The van der Waals surface area contributed by atoms with Crippen LogP contribution in [0.3, 0.4) is 0 Å². The average Bonchev–Trinajstić information content (AvgIpc) is 2.38. The highest BCUT2D eigenvalue weighted by molar-refractivity contribution is 9.10. The molecule has 0 fully saturated rings. The molecule has 92 valence electrons. The van der Waals surface area contributed by atoms with Crippen molar-refractivity contribution in [2.45, 2.75) is 4.90 Å². The summed E-state index contributed by atoms with van der Waals surface area (Å²) in [5.41, 5.74) is 1.31. The number of benzene rings is 1. The van der Waals surface area contributed by atoms with E-state index < -0.39 is 0 Å². The van der Waals surface area contributed by atoms with Gasteiger partial charge in [0.05, 0.1) is 17.4 Å². The summed E-state index contributed by atoms with van der Waals surface area (Å²) < 4.78 is 0.896. The summed E-state index contributed by atoms with van der Waals surface area (Å²) in [4.78, 5) is 18.5. The highest BCUT2D eigenvalue weighted by Gasteiger charge is 2.16. The van der Waals surface area contributed by atoms with Gasteiger partial charge in [-0.1, -0.05) is 15.9 Å². The fraction of sp³-hybridized carbons (Fsp3) is 0.0769. The number of amides is 1. The molecule has 2 rings (SSSR count). The summed E-state index contributed by atoms with van der Waals surface area (Å²) in [7, 11) is 1.72. The first-order valence-corrected chi connectivity index (χ1v) is 6.50. The van der Waals surface area contributed by atoms with E-state index in [1.807, 2.05) is 12.1 Å². The van der Waals surface area contributed by atoms with Crippen LogP contribution in [0.4, 0.5) is 5.69 Å².